The van der Waals surface area contributed by atoms with Crippen LogP contribution in [0.25, 0.3) is 0 Å². The predicted molar refractivity (Wildman–Crippen MR) is 80.2 cm³/mol. The van der Waals surface area contributed by atoms with Gasteiger partial charge in [-0.15, -0.1) is 0 Å². The molecule has 1 aliphatic rings. The van der Waals surface area contributed by atoms with E-state index < -0.39 is 5.82 Å². The van der Waals surface area contributed by atoms with Gasteiger partial charge in [0.2, 0.25) is 0 Å². The van der Waals surface area contributed by atoms with Crippen LogP contribution in [0.5, 0.6) is 0 Å². The van der Waals surface area contributed by atoms with Gasteiger partial charge in [-0.3, -0.25) is 0 Å². The monoisotopic (exact) mass is 274 g/mol. The van der Waals surface area contributed by atoms with Crippen molar-refractivity contribution in [2.24, 2.45) is 5.92 Å². The molecule has 0 spiro atoms. The Morgan fingerprint density at radius 2 is 2.05 bits per heavy atom. The molecule has 1 aliphatic carbocycles. The maximum atomic E-state index is 13.8. The highest BCUT2D eigenvalue weighted by molar-refractivity contribution is 5.60. The van der Waals surface area contributed by atoms with E-state index in [9.17, 15) is 9.65 Å². The van der Waals surface area contributed by atoms with Crippen molar-refractivity contribution < 1.29 is 4.39 Å². The highest BCUT2D eigenvalue weighted by Gasteiger charge is 2.25. The first kappa shape index (κ1) is 14.8. The smallest absolute Gasteiger partial charge is 0.143 e. The van der Waals surface area contributed by atoms with Crippen LogP contribution in [-0.4, -0.2) is 12.6 Å². The molecule has 0 aliphatic heterocycles. The average molecular weight is 274 g/mol. The fourth-order valence-electron chi connectivity index (χ4n) is 2.98. The molecule has 0 N–H and O–H groups in total. The lowest BCUT2D eigenvalue weighted by Crippen LogP contribution is -2.35. The predicted octanol–water partition coefficient (Wildman–Crippen LogP) is 4.49. The van der Waals surface area contributed by atoms with Crippen molar-refractivity contribution >= 4 is 5.69 Å². The third-order valence-corrected chi connectivity index (χ3v) is 4.13. The first-order valence-corrected chi connectivity index (χ1v) is 7.58. The Kier molecular flexibility index (Phi) is 5.00. The molecule has 0 unspecified atom stereocenters. The van der Waals surface area contributed by atoms with Crippen LogP contribution in [0.15, 0.2) is 18.2 Å². The largest absolute Gasteiger partial charge is 0.367 e. The molecule has 20 heavy (non-hydrogen) atoms. The van der Waals surface area contributed by atoms with Crippen LogP contribution >= 0.6 is 0 Å². The zero-order valence-corrected chi connectivity index (χ0v) is 12.4. The maximum Gasteiger partial charge on any atom is 0.143 e. The summed E-state index contributed by atoms with van der Waals surface area (Å²) in [7, 11) is 0. The summed E-state index contributed by atoms with van der Waals surface area (Å²) in [6.45, 7) is 5.30. The fraction of sp³-hybridized carbons (Fsp3) is 0.588. The molecule has 2 rings (SSSR count). The first-order chi connectivity index (χ1) is 9.63. The van der Waals surface area contributed by atoms with Gasteiger partial charge >= 0.3 is 0 Å². The minimum Gasteiger partial charge on any atom is -0.367 e. The Morgan fingerprint density at radius 1 is 1.35 bits per heavy atom. The van der Waals surface area contributed by atoms with Crippen LogP contribution in [0.3, 0.4) is 0 Å². The molecule has 0 aromatic heterocycles. The van der Waals surface area contributed by atoms with Gasteiger partial charge in [0.15, 0.2) is 0 Å². The van der Waals surface area contributed by atoms with Crippen molar-refractivity contribution in [2.45, 2.75) is 52.0 Å². The zero-order chi connectivity index (χ0) is 14.5. The first-order valence-electron chi connectivity index (χ1n) is 7.58. The van der Waals surface area contributed by atoms with Crippen molar-refractivity contribution in [1.82, 2.24) is 0 Å². The minimum atomic E-state index is -0.405. The highest BCUT2D eigenvalue weighted by atomic mass is 19.1. The van der Waals surface area contributed by atoms with E-state index in [-0.39, 0.29) is 5.56 Å². The Bertz CT molecular complexity index is 484. The van der Waals surface area contributed by atoms with Crippen LogP contribution in [0, 0.1) is 23.1 Å². The third kappa shape index (κ3) is 3.30. The van der Waals surface area contributed by atoms with Crippen LogP contribution in [0.4, 0.5) is 10.1 Å². The van der Waals surface area contributed by atoms with E-state index in [1.54, 1.807) is 6.07 Å². The molecule has 0 radical (unpaired) electrons. The molecule has 2 nitrogen and oxygen atoms in total. The number of rotatable bonds is 5. The summed E-state index contributed by atoms with van der Waals surface area (Å²) in [5.41, 5.74) is 0.975. The van der Waals surface area contributed by atoms with E-state index in [1.165, 1.54) is 18.9 Å². The summed E-state index contributed by atoms with van der Waals surface area (Å²) >= 11 is 0. The number of anilines is 1. The second-order valence-electron chi connectivity index (χ2n) is 6.06. The lowest BCUT2D eigenvalue weighted by Gasteiger charge is -2.32. The summed E-state index contributed by atoms with van der Waals surface area (Å²) in [6, 6.07) is 7.47. The summed E-state index contributed by atoms with van der Waals surface area (Å²) in [4.78, 5) is 2.27. The lowest BCUT2D eigenvalue weighted by atomic mass is 10.1. The van der Waals surface area contributed by atoms with Crippen molar-refractivity contribution in [3.05, 3.63) is 29.6 Å². The third-order valence-electron chi connectivity index (χ3n) is 4.13. The lowest BCUT2D eigenvalue weighted by molar-refractivity contribution is 0.526. The topological polar surface area (TPSA) is 27.0 Å². The zero-order valence-electron chi connectivity index (χ0n) is 12.4. The van der Waals surface area contributed by atoms with Crippen molar-refractivity contribution in [3.8, 4) is 6.07 Å². The maximum absolute atomic E-state index is 13.8. The van der Waals surface area contributed by atoms with Gasteiger partial charge in [-0.1, -0.05) is 32.8 Å². The van der Waals surface area contributed by atoms with Gasteiger partial charge in [0, 0.05) is 12.6 Å². The quantitative estimate of drug-likeness (QED) is 0.791. The second-order valence-corrected chi connectivity index (χ2v) is 6.06. The number of nitrogens with zero attached hydrogens (tertiary/aromatic N) is 2. The van der Waals surface area contributed by atoms with Crippen molar-refractivity contribution in [2.75, 3.05) is 11.4 Å². The summed E-state index contributed by atoms with van der Waals surface area (Å²) in [5.74, 6) is 0.204. The normalized spacial score (nSPS) is 15.6. The molecule has 0 saturated heterocycles. The van der Waals surface area contributed by atoms with Gasteiger partial charge in [-0.05, 0) is 37.3 Å². The Labute approximate surface area is 121 Å². The molecule has 1 saturated carbocycles. The van der Waals surface area contributed by atoms with Crippen LogP contribution < -0.4 is 4.90 Å². The molecular weight excluding hydrogens is 251 g/mol. The summed E-state index contributed by atoms with van der Waals surface area (Å²) in [6.07, 6.45) is 5.84. The number of benzene rings is 1. The van der Waals surface area contributed by atoms with Crippen LogP contribution in [0.1, 0.15) is 51.5 Å². The van der Waals surface area contributed by atoms with E-state index in [0.29, 0.717) is 12.0 Å². The molecule has 1 aromatic rings. The van der Waals surface area contributed by atoms with E-state index in [4.69, 9.17) is 0 Å². The highest BCUT2D eigenvalue weighted by Crippen LogP contribution is 2.31. The number of hydrogen-bond donors (Lipinski definition) is 0. The number of hydrogen-bond acceptors (Lipinski definition) is 2. The average Bonchev–Trinajstić information content (AvgIpc) is 2.93. The molecule has 0 heterocycles. The summed E-state index contributed by atoms with van der Waals surface area (Å²) < 4.78 is 13.8. The van der Waals surface area contributed by atoms with Gasteiger partial charge in [-0.2, -0.15) is 5.26 Å². The second kappa shape index (κ2) is 6.74. The van der Waals surface area contributed by atoms with Crippen molar-refractivity contribution in [1.29, 1.82) is 5.26 Å². The molecule has 1 aromatic carbocycles. The SMILES string of the molecule is CC(C)CCN(c1cccc(F)c1C#N)C1CCCC1. The van der Waals surface area contributed by atoms with Gasteiger partial charge in [0.05, 0.1) is 5.69 Å². The van der Waals surface area contributed by atoms with Gasteiger partial charge in [0.1, 0.15) is 17.4 Å². The molecule has 108 valence electrons. The van der Waals surface area contributed by atoms with Crippen LogP contribution in [-0.2, 0) is 0 Å². The molecule has 3 heteroatoms. The van der Waals surface area contributed by atoms with Gasteiger partial charge in [0.25, 0.3) is 0 Å². The van der Waals surface area contributed by atoms with E-state index >= 15 is 0 Å². The van der Waals surface area contributed by atoms with Crippen molar-refractivity contribution in [3.63, 3.8) is 0 Å². The van der Waals surface area contributed by atoms with Gasteiger partial charge in [-0.25, -0.2) is 4.39 Å². The Hall–Kier alpha value is -1.56. The van der Waals surface area contributed by atoms with E-state index in [0.717, 1.165) is 31.5 Å². The summed E-state index contributed by atoms with van der Waals surface area (Å²) in [5, 5.41) is 9.25. The van der Waals surface area contributed by atoms with E-state index in [1.807, 2.05) is 12.1 Å². The molecule has 1 fully saturated rings. The minimum absolute atomic E-state index is 0.197. The van der Waals surface area contributed by atoms with Crippen LogP contribution in [0.2, 0.25) is 0 Å². The van der Waals surface area contributed by atoms with Gasteiger partial charge < -0.3 is 4.90 Å². The molecule has 0 bridgehead atoms. The number of halogens is 1. The Balaban J connectivity index is 2.30. The fourth-order valence-corrected chi connectivity index (χ4v) is 2.98. The molecule has 0 atom stereocenters. The van der Waals surface area contributed by atoms with E-state index in [2.05, 4.69) is 18.7 Å². The Morgan fingerprint density at radius 3 is 2.65 bits per heavy atom. The number of nitriles is 1. The molecular formula is C17H23FN2. The molecule has 0 amide bonds. The standard InChI is InChI=1S/C17H23FN2/c1-13(2)10-11-20(14-6-3-4-7-14)17-9-5-8-16(18)15(17)12-19/h5,8-9,13-14H,3-4,6-7,10-11H2,1-2H3.